The van der Waals surface area contributed by atoms with E-state index in [1.807, 2.05) is 0 Å². The molecule has 0 radical (unpaired) electrons. The molecule has 0 N–H and O–H groups in total. The second kappa shape index (κ2) is 7.16. The summed E-state index contributed by atoms with van der Waals surface area (Å²) >= 11 is 0. The molecule has 0 aliphatic carbocycles. The number of nitrogens with zero attached hydrogens (tertiary/aromatic N) is 3. The van der Waals surface area contributed by atoms with Gasteiger partial charge in [-0.2, -0.15) is 0 Å². The third kappa shape index (κ3) is 2.89. The van der Waals surface area contributed by atoms with E-state index in [0.29, 0.717) is 5.92 Å². The molecule has 2 heterocycles. The largest absolute Gasteiger partial charge is 0.328 e. The molecule has 0 unspecified atom stereocenters. The Kier molecular flexibility index (Phi) is 4.25. The lowest BCUT2D eigenvalue weighted by molar-refractivity contribution is 0.650. The first kappa shape index (κ1) is 19.0. The van der Waals surface area contributed by atoms with Gasteiger partial charge in [0.2, 0.25) is 0 Å². The predicted molar refractivity (Wildman–Crippen MR) is 135 cm³/mol. The highest BCUT2D eigenvalue weighted by molar-refractivity contribution is 6.16. The topological polar surface area (TPSA) is 30.7 Å². The van der Waals surface area contributed by atoms with Gasteiger partial charge in [-0.3, -0.25) is 0 Å². The Morgan fingerprint density at radius 3 is 2.28 bits per heavy atom. The normalized spacial score (nSPS) is 12.0. The summed E-state index contributed by atoms with van der Waals surface area (Å²) in [5.74, 6) is 0.586. The van der Waals surface area contributed by atoms with Gasteiger partial charge in [-0.25, -0.2) is 9.97 Å². The van der Waals surface area contributed by atoms with E-state index in [1.165, 1.54) is 38.0 Å². The van der Waals surface area contributed by atoms with Crippen LogP contribution in [0.25, 0.3) is 54.7 Å². The Bertz CT molecular complexity index is 1640. The predicted octanol–water partition coefficient (Wildman–Crippen LogP) is 7.29. The first-order valence-electron chi connectivity index (χ1n) is 11.2. The van der Waals surface area contributed by atoms with E-state index in [9.17, 15) is 0 Å². The van der Waals surface area contributed by atoms with Crippen LogP contribution in [0.3, 0.4) is 0 Å². The van der Waals surface area contributed by atoms with Crippen molar-refractivity contribution in [3.8, 4) is 11.3 Å². The van der Waals surface area contributed by atoms with Crippen LogP contribution in [0.15, 0.2) is 79.1 Å². The zero-order chi connectivity index (χ0) is 21.8. The molecule has 0 spiro atoms. The first-order valence-corrected chi connectivity index (χ1v) is 11.2. The Morgan fingerprint density at radius 2 is 1.50 bits per heavy atom. The molecule has 4 aromatic carbocycles. The zero-order valence-corrected chi connectivity index (χ0v) is 18.6. The average molecular weight is 416 g/mol. The number of rotatable bonds is 3. The van der Waals surface area contributed by atoms with Crippen molar-refractivity contribution in [2.45, 2.75) is 20.3 Å². The highest BCUT2D eigenvalue weighted by Crippen LogP contribution is 2.37. The second-order valence-corrected chi connectivity index (χ2v) is 9.15. The quantitative estimate of drug-likeness (QED) is 0.304. The lowest BCUT2D eigenvalue weighted by Crippen LogP contribution is -1.97. The van der Waals surface area contributed by atoms with E-state index in [0.717, 1.165) is 28.7 Å². The maximum atomic E-state index is 4.82. The van der Waals surface area contributed by atoms with Crippen molar-refractivity contribution in [2.24, 2.45) is 13.0 Å². The maximum absolute atomic E-state index is 4.82. The van der Waals surface area contributed by atoms with Gasteiger partial charge in [0.05, 0.1) is 16.6 Å². The molecule has 0 bridgehead atoms. The van der Waals surface area contributed by atoms with Crippen LogP contribution in [0.4, 0.5) is 0 Å². The number of benzene rings is 4. The van der Waals surface area contributed by atoms with Crippen LogP contribution >= 0.6 is 0 Å². The van der Waals surface area contributed by atoms with Crippen molar-refractivity contribution in [3.05, 3.63) is 84.7 Å². The maximum Gasteiger partial charge on any atom is 0.144 e. The fourth-order valence-corrected chi connectivity index (χ4v) is 5.05. The first-order chi connectivity index (χ1) is 15.6. The second-order valence-electron chi connectivity index (χ2n) is 9.15. The summed E-state index contributed by atoms with van der Waals surface area (Å²) in [6.07, 6.45) is 2.75. The Labute approximate surface area is 187 Å². The van der Waals surface area contributed by atoms with E-state index in [2.05, 4.69) is 103 Å². The van der Waals surface area contributed by atoms with Crippen LogP contribution in [0.2, 0.25) is 0 Å². The molecule has 0 amide bonds. The zero-order valence-electron chi connectivity index (χ0n) is 18.6. The van der Waals surface area contributed by atoms with Gasteiger partial charge >= 0.3 is 0 Å². The van der Waals surface area contributed by atoms with Crippen molar-refractivity contribution < 1.29 is 0 Å². The molecule has 2 aromatic heterocycles. The molecule has 0 saturated heterocycles. The molecule has 32 heavy (non-hydrogen) atoms. The molecule has 0 atom stereocenters. The molecule has 0 saturated carbocycles. The standard InChI is InChI=1S/C29H25N3/c1-18(2)12-22-14-23(13-21-10-6-7-11-24(21)22)28-27-25-15-19-8-4-5-9-20(19)16-26(25)32(3)29(27)31-17-30-28/h4-11,13-18H,12H2,1-3H3. The molecule has 0 aliphatic rings. The summed E-state index contributed by atoms with van der Waals surface area (Å²) in [6.45, 7) is 4.56. The molecular weight excluding hydrogens is 390 g/mol. The fourth-order valence-electron chi connectivity index (χ4n) is 5.05. The lowest BCUT2D eigenvalue weighted by atomic mass is 9.93. The summed E-state index contributed by atoms with van der Waals surface area (Å²) in [7, 11) is 2.10. The summed E-state index contributed by atoms with van der Waals surface area (Å²) in [5, 5.41) is 7.40. The fraction of sp³-hybridized carbons (Fsp3) is 0.172. The summed E-state index contributed by atoms with van der Waals surface area (Å²) < 4.78 is 2.19. The summed E-state index contributed by atoms with van der Waals surface area (Å²) in [4.78, 5) is 9.50. The average Bonchev–Trinajstić information content (AvgIpc) is 3.08. The molecule has 0 aliphatic heterocycles. The van der Waals surface area contributed by atoms with Crippen LogP contribution in [0.5, 0.6) is 0 Å². The van der Waals surface area contributed by atoms with Crippen LogP contribution in [0, 0.1) is 5.92 Å². The summed E-state index contributed by atoms with van der Waals surface area (Å²) in [5.41, 5.74) is 5.70. The lowest BCUT2D eigenvalue weighted by Gasteiger charge is -2.13. The van der Waals surface area contributed by atoms with E-state index >= 15 is 0 Å². The van der Waals surface area contributed by atoms with Crippen molar-refractivity contribution in [1.29, 1.82) is 0 Å². The minimum absolute atomic E-state index is 0.586. The monoisotopic (exact) mass is 415 g/mol. The molecule has 156 valence electrons. The minimum atomic E-state index is 0.586. The van der Waals surface area contributed by atoms with Crippen molar-refractivity contribution in [2.75, 3.05) is 0 Å². The van der Waals surface area contributed by atoms with Gasteiger partial charge < -0.3 is 4.57 Å². The summed E-state index contributed by atoms with van der Waals surface area (Å²) in [6, 6.07) is 26.4. The highest BCUT2D eigenvalue weighted by Gasteiger charge is 2.17. The SMILES string of the molecule is CC(C)Cc1cc(-c2ncnc3c2c2cc4ccccc4cc2n3C)cc2ccccc12. The van der Waals surface area contributed by atoms with E-state index in [4.69, 9.17) is 4.98 Å². The van der Waals surface area contributed by atoms with Gasteiger partial charge in [0.15, 0.2) is 0 Å². The molecule has 3 nitrogen and oxygen atoms in total. The van der Waals surface area contributed by atoms with Crippen LogP contribution < -0.4 is 0 Å². The van der Waals surface area contributed by atoms with Crippen LogP contribution in [0.1, 0.15) is 19.4 Å². The van der Waals surface area contributed by atoms with E-state index in [-0.39, 0.29) is 0 Å². The third-order valence-electron chi connectivity index (χ3n) is 6.49. The smallest absolute Gasteiger partial charge is 0.144 e. The number of fused-ring (bicyclic) bond motifs is 5. The Morgan fingerprint density at radius 1 is 0.781 bits per heavy atom. The number of hydrogen-bond acceptors (Lipinski definition) is 2. The van der Waals surface area contributed by atoms with E-state index in [1.54, 1.807) is 6.33 Å². The molecule has 6 rings (SSSR count). The van der Waals surface area contributed by atoms with Gasteiger partial charge in [-0.1, -0.05) is 62.4 Å². The van der Waals surface area contributed by atoms with Crippen molar-refractivity contribution in [3.63, 3.8) is 0 Å². The number of aromatic nitrogens is 3. The number of hydrogen-bond donors (Lipinski definition) is 0. The Hall–Kier alpha value is -3.72. The van der Waals surface area contributed by atoms with Crippen molar-refractivity contribution >= 4 is 43.5 Å². The van der Waals surface area contributed by atoms with Gasteiger partial charge in [0, 0.05) is 18.0 Å². The van der Waals surface area contributed by atoms with Crippen LogP contribution in [-0.4, -0.2) is 14.5 Å². The number of aryl methyl sites for hydroxylation is 1. The minimum Gasteiger partial charge on any atom is -0.328 e. The molecular formula is C29H25N3. The van der Waals surface area contributed by atoms with Gasteiger partial charge in [0.25, 0.3) is 0 Å². The van der Waals surface area contributed by atoms with Crippen molar-refractivity contribution in [1.82, 2.24) is 14.5 Å². The molecule has 0 fully saturated rings. The molecule has 6 aromatic rings. The van der Waals surface area contributed by atoms with Gasteiger partial charge in [0.1, 0.15) is 12.0 Å². The van der Waals surface area contributed by atoms with Crippen LogP contribution in [-0.2, 0) is 13.5 Å². The molecule has 3 heteroatoms. The van der Waals surface area contributed by atoms with E-state index < -0.39 is 0 Å². The highest BCUT2D eigenvalue weighted by atomic mass is 15.0. The van der Waals surface area contributed by atoms with Gasteiger partial charge in [-0.05, 0) is 63.7 Å². The Balaban J connectivity index is 1.70. The van der Waals surface area contributed by atoms with Gasteiger partial charge in [-0.15, -0.1) is 0 Å². The third-order valence-corrected chi connectivity index (χ3v) is 6.49.